The maximum absolute atomic E-state index is 5.99. The van der Waals surface area contributed by atoms with Crippen LogP contribution in [0.3, 0.4) is 0 Å². The number of halogens is 3. The van der Waals surface area contributed by atoms with E-state index >= 15 is 0 Å². The largest absolute Gasteiger partial charge is 0.305 e. The van der Waals surface area contributed by atoms with Crippen molar-refractivity contribution in [1.29, 1.82) is 0 Å². The molecule has 4 nitrogen and oxygen atoms in total. The van der Waals surface area contributed by atoms with Crippen molar-refractivity contribution in [2.24, 2.45) is 0 Å². The fourth-order valence-electron chi connectivity index (χ4n) is 1.81. The normalized spacial score (nSPS) is 11.0. The van der Waals surface area contributed by atoms with Gasteiger partial charge in [0, 0.05) is 17.5 Å². The number of benzene rings is 1. The van der Waals surface area contributed by atoms with Crippen molar-refractivity contribution in [1.82, 2.24) is 15.0 Å². The molecule has 2 aromatic heterocycles. The van der Waals surface area contributed by atoms with Crippen molar-refractivity contribution in [2.75, 3.05) is 11.9 Å². The predicted molar refractivity (Wildman–Crippen MR) is 87.4 cm³/mol. The highest BCUT2D eigenvalue weighted by Gasteiger charge is 2.15. The summed E-state index contributed by atoms with van der Waals surface area (Å²) in [6, 6.07) is 5.44. The van der Waals surface area contributed by atoms with E-state index in [2.05, 4.69) is 30.9 Å². The van der Waals surface area contributed by atoms with Crippen molar-refractivity contribution in [3.63, 3.8) is 0 Å². The van der Waals surface area contributed by atoms with E-state index < -0.39 is 0 Å². The van der Waals surface area contributed by atoms with E-state index in [1.54, 1.807) is 18.3 Å². The van der Waals surface area contributed by atoms with Gasteiger partial charge in [0.2, 0.25) is 5.28 Å². The van der Waals surface area contributed by atoms with Gasteiger partial charge in [-0.25, -0.2) is 9.97 Å². The molecule has 0 aliphatic heterocycles. The second-order valence-electron chi connectivity index (χ2n) is 3.98. The molecule has 0 fully saturated rings. The Morgan fingerprint density at radius 2 is 2.05 bits per heavy atom. The molecule has 0 atom stereocenters. The molecule has 20 heavy (non-hydrogen) atoms. The molecule has 0 aliphatic rings. The summed E-state index contributed by atoms with van der Waals surface area (Å²) >= 11 is 16.9. The van der Waals surface area contributed by atoms with Crippen LogP contribution in [0.15, 0.2) is 28.2 Å². The zero-order chi connectivity index (χ0) is 14.3. The predicted octanol–water partition coefficient (Wildman–Crippen LogP) is 4.92. The van der Waals surface area contributed by atoms with Gasteiger partial charge in [0.05, 0.1) is 15.5 Å². The molecular weight excluding hydrogens is 383 g/mol. The molecule has 0 bridgehead atoms. The first kappa shape index (κ1) is 14.0. The third-order valence-corrected chi connectivity index (χ3v) is 4.64. The molecule has 8 heteroatoms. The Balaban J connectivity index is 2.19. The van der Waals surface area contributed by atoms with Gasteiger partial charge in [0.15, 0.2) is 5.13 Å². The minimum Gasteiger partial charge on any atom is -0.305 e. The molecule has 1 aromatic carbocycles. The smallest absolute Gasteiger partial charge is 0.224 e. The van der Waals surface area contributed by atoms with Crippen molar-refractivity contribution in [3.05, 3.63) is 38.5 Å². The number of fused-ring (bicyclic) bond motifs is 1. The second-order valence-corrected chi connectivity index (χ2v) is 7.15. The lowest BCUT2D eigenvalue weighted by atomic mass is 10.2. The summed E-state index contributed by atoms with van der Waals surface area (Å²) in [5, 5.41) is 2.46. The summed E-state index contributed by atoms with van der Waals surface area (Å²) in [6.07, 6.45) is 1.75. The van der Waals surface area contributed by atoms with Crippen molar-refractivity contribution < 1.29 is 0 Å². The number of hydrogen-bond acceptors (Lipinski definition) is 5. The Bertz CT molecular complexity index is 787. The van der Waals surface area contributed by atoms with Crippen LogP contribution >= 0.6 is 50.5 Å². The van der Waals surface area contributed by atoms with Crippen molar-refractivity contribution >= 4 is 72.3 Å². The number of rotatable bonds is 2. The highest BCUT2D eigenvalue weighted by Crippen LogP contribution is 2.34. The van der Waals surface area contributed by atoms with Crippen molar-refractivity contribution in [3.8, 4) is 0 Å². The van der Waals surface area contributed by atoms with E-state index in [9.17, 15) is 0 Å². The van der Waals surface area contributed by atoms with Gasteiger partial charge in [-0.05, 0) is 45.7 Å². The van der Waals surface area contributed by atoms with Gasteiger partial charge in [-0.2, -0.15) is 4.98 Å². The molecule has 0 spiro atoms. The second kappa shape index (κ2) is 5.44. The summed E-state index contributed by atoms with van der Waals surface area (Å²) in [6.45, 7) is 0. The summed E-state index contributed by atoms with van der Waals surface area (Å²) in [5.41, 5.74) is 0.704. The van der Waals surface area contributed by atoms with Crippen LogP contribution in [0.5, 0.6) is 0 Å². The Morgan fingerprint density at radius 1 is 1.25 bits per heavy atom. The van der Waals surface area contributed by atoms with Crippen LogP contribution in [0.4, 0.5) is 10.9 Å². The minimum atomic E-state index is 0.178. The first-order valence-electron chi connectivity index (χ1n) is 5.52. The maximum Gasteiger partial charge on any atom is 0.224 e. The molecule has 3 rings (SSSR count). The van der Waals surface area contributed by atoms with E-state index in [1.807, 2.05) is 18.0 Å². The molecule has 0 amide bonds. The zero-order valence-corrected chi connectivity index (χ0v) is 14.1. The third kappa shape index (κ3) is 2.61. The third-order valence-electron chi connectivity index (χ3n) is 2.68. The average Bonchev–Trinajstić information content (AvgIpc) is 2.83. The molecular formula is C12H7BrCl2N4S. The van der Waals surface area contributed by atoms with Crippen LogP contribution in [0.25, 0.3) is 10.9 Å². The van der Waals surface area contributed by atoms with Crippen LogP contribution in [0.2, 0.25) is 10.3 Å². The Labute approximate surface area is 137 Å². The lowest BCUT2D eigenvalue weighted by Crippen LogP contribution is -2.12. The van der Waals surface area contributed by atoms with Crippen LogP contribution in [0, 0.1) is 0 Å². The summed E-state index contributed by atoms with van der Waals surface area (Å²) < 4.78 is 0.951. The molecule has 0 unspecified atom stereocenters. The summed E-state index contributed by atoms with van der Waals surface area (Å²) in [5.74, 6) is 0.693. The fraction of sp³-hybridized carbons (Fsp3) is 0.0833. The number of anilines is 2. The number of thiazole rings is 1. The van der Waals surface area contributed by atoms with Gasteiger partial charge in [-0.1, -0.05) is 22.9 Å². The fourth-order valence-corrected chi connectivity index (χ4v) is 3.29. The number of aromatic nitrogens is 3. The van der Waals surface area contributed by atoms with E-state index in [0.29, 0.717) is 16.4 Å². The molecule has 0 radical (unpaired) electrons. The van der Waals surface area contributed by atoms with Crippen LogP contribution in [0.1, 0.15) is 0 Å². The molecule has 0 saturated heterocycles. The topological polar surface area (TPSA) is 41.9 Å². The Hall–Kier alpha value is -0.950. The van der Waals surface area contributed by atoms with Gasteiger partial charge in [0.25, 0.3) is 0 Å². The molecule has 3 aromatic rings. The van der Waals surface area contributed by atoms with Crippen LogP contribution < -0.4 is 4.90 Å². The van der Waals surface area contributed by atoms with Crippen LogP contribution in [-0.2, 0) is 0 Å². The monoisotopic (exact) mass is 388 g/mol. The van der Waals surface area contributed by atoms with Gasteiger partial charge in [-0.15, -0.1) is 0 Å². The molecule has 0 aliphatic carbocycles. The molecule has 102 valence electrons. The van der Waals surface area contributed by atoms with Gasteiger partial charge < -0.3 is 4.90 Å². The first-order valence-corrected chi connectivity index (χ1v) is 7.89. The first-order chi connectivity index (χ1) is 9.54. The SMILES string of the molecule is CN(c1ncc(Br)s1)c1nc(Cl)nc2cc(Cl)ccc12. The highest BCUT2D eigenvalue weighted by atomic mass is 79.9. The van der Waals surface area contributed by atoms with Gasteiger partial charge in [0.1, 0.15) is 5.82 Å². The molecule has 2 heterocycles. The van der Waals surface area contributed by atoms with Crippen molar-refractivity contribution in [2.45, 2.75) is 0 Å². The van der Waals surface area contributed by atoms with Gasteiger partial charge in [-0.3, -0.25) is 0 Å². The summed E-state index contributed by atoms with van der Waals surface area (Å²) in [4.78, 5) is 14.7. The van der Waals surface area contributed by atoms with Gasteiger partial charge >= 0.3 is 0 Å². The van der Waals surface area contributed by atoms with Crippen LogP contribution in [-0.4, -0.2) is 22.0 Å². The quantitative estimate of drug-likeness (QED) is 0.583. The highest BCUT2D eigenvalue weighted by molar-refractivity contribution is 9.11. The summed E-state index contributed by atoms with van der Waals surface area (Å²) in [7, 11) is 1.89. The average molecular weight is 390 g/mol. The Morgan fingerprint density at radius 3 is 2.75 bits per heavy atom. The van der Waals surface area contributed by atoms with E-state index in [4.69, 9.17) is 23.2 Å². The standard InChI is InChI=1S/C12H7BrCl2N4S/c1-19(12-16-5-9(13)20-12)10-7-3-2-6(14)4-8(7)17-11(15)18-10/h2-5H,1H3. The van der Waals surface area contributed by atoms with E-state index in [1.165, 1.54) is 11.3 Å². The lowest BCUT2D eigenvalue weighted by molar-refractivity contribution is 1.10. The Kier molecular flexibility index (Phi) is 3.81. The number of hydrogen-bond donors (Lipinski definition) is 0. The molecule has 0 saturated carbocycles. The molecule has 0 N–H and O–H groups in total. The minimum absolute atomic E-state index is 0.178. The zero-order valence-electron chi connectivity index (χ0n) is 10.1. The van der Waals surface area contributed by atoms with E-state index in [-0.39, 0.29) is 5.28 Å². The lowest BCUT2D eigenvalue weighted by Gasteiger charge is -2.16. The van der Waals surface area contributed by atoms with E-state index in [0.717, 1.165) is 14.3 Å². The number of nitrogens with zero attached hydrogens (tertiary/aromatic N) is 4. The maximum atomic E-state index is 5.99.